The monoisotopic (exact) mass is 258 g/mol. The van der Waals surface area contributed by atoms with Crippen LogP contribution in [0.1, 0.15) is 26.7 Å². The van der Waals surface area contributed by atoms with Gasteiger partial charge in [-0.25, -0.2) is 4.79 Å². The standard InChI is InChI=1S/C12H22N2O4/c1-8(11(15)16)3-5-13-12(17)14-10-4-6-18-7-9(10)2/h8-10H,3-7H2,1-2H3,(H,15,16)(H2,13,14,17). The molecule has 6 heteroatoms. The second-order valence-corrected chi connectivity index (χ2v) is 4.88. The first-order chi connectivity index (χ1) is 8.50. The van der Waals surface area contributed by atoms with Gasteiger partial charge in [0.2, 0.25) is 0 Å². The van der Waals surface area contributed by atoms with E-state index in [-0.39, 0.29) is 12.1 Å². The van der Waals surface area contributed by atoms with Crippen molar-refractivity contribution in [2.75, 3.05) is 19.8 Å². The highest BCUT2D eigenvalue weighted by Gasteiger charge is 2.23. The van der Waals surface area contributed by atoms with Crippen LogP contribution in [0.4, 0.5) is 4.79 Å². The largest absolute Gasteiger partial charge is 0.481 e. The molecule has 1 saturated heterocycles. The van der Waals surface area contributed by atoms with Crippen LogP contribution < -0.4 is 10.6 Å². The Labute approximate surface area is 107 Å². The maximum absolute atomic E-state index is 11.6. The summed E-state index contributed by atoms with van der Waals surface area (Å²) in [7, 11) is 0. The average molecular weight is 258 g/mol. The predicted octanol–water partition coefficient (Wildman–Crippen LogP) is 0.821. The zero-order valence-electron chi connectivity index (χ0n) is 10.9. The lowest BCUT2D eigenvalue weighted by atomic mass is 9.98. The lowest BCUT2D eigenvalue weighted by molar-refractivity contribution is -0.141. The molecule has 0 aliphatic carbocycles. The molecule has 18 heavy (non-hydrogen) atoms. The van der Waals surface area contributed by atoms with Crippen LogP contribution in [0.3, 0.4) is 0 Å². The SMILES string of the molecule is CC(CCNC(=O)NC1CCOCC1C)C(=O)O. The van der Waals surface area contributed by atoms with Crippen molar-refractivity contribution in [1.29, 1.82) is 0 Å². The van der Waals surface area contributed by atoms with E-state index < -0.39 is 11.9 Å². The Hall–Kier alpha value is -1.30. The molecule has 0 aromatic rings. The van der Waals surface area contributed by atoms with E-state index in [1.165, 1.54) is 0 Å². The molecule has 0 spiro atoms. The summed E-state index contributed by atoms with van der Waals surface area (Å²) in [5.74, 6) is -0.968. The van der Waals surface area contributed by atoms with Gasteiger partial charge >= 0.3 is 12.0 Å². The fraction of sp³-hybridized carbons (Fsp3) is 0.833. The van der Waals surface area contributed by atoms with E-state index in [2.05, 4.69) is 10.6 Å². The first kappa shape index (κ1) is 14.8. The second-order valence-electron chi connectivity index (χ2n) is 4.88. The maximum Gasteiger partial charge on any atom is 0.315 e. The van der Waals surface area contributed by atoms with Crippen LogP contribution in [0.2, 0.25) is 0 Å². The molecule has 3 N–H and O–H groups in total. The van der Waals surface area contributed by atoms with Crippen molar-refractivity contribution in [1.82, 2.24) is 10.6 Å². The molecule has 104 valence electrons. The number of aliphatic carboxylic acids is 1. The lowest BCUT2D eigenvalue weighted by Gasteiger charge is -2.29. The zero-order valence-corrected chi connectivity index (χ0v) is 10.9. The number of amides is 2. The van der Waals surface area contributed by atoms with Crippen LogP contribution in [0.15, 0.2) is 0 Å². The Morgan fingerprint density at radius 3 is 2.83 bits per heavy atom. The van der Waals surface area contributed by atoms with E-state index >= 15 is 0 Å². The number of rotatable bonds is 5. The number of hydrogen-bond acceptors (Lipinski definition) is 3. The van der Waals surface area contributed by atoms with Crippen LogP contribution in [-0.2, 0) is 9.53 Å². The number of hydrogen-bond donors (Lipinski definition) is 3. The normalized spacial score (nSPS) is 25.2. The summed E-state index contributed by atoms with van der Waals surface area (Å²) in [6.45, 7) is 5.38. The molecule has 0 aromatic carbocycles. The van der Waals surface area contributed by atoms with Crippen molar-refractivity contribution in [3.63, 3.8) is 0 Å². The molecule has 0 saturated carbocycles. The summed E-state index contributed by atoms with van der Waals surface area (Å²) in [4.78, 5) is 22.2. The van der Waals surface area contributed by atoms with Gasteiger partial charge in [0.15, 0.2) is 0 Å². The van der Waals surface area contributed by atoms with Gasteiger partial charge in [0.1, 0.15) is 0 Å². The van der Waals surface area contributed by atoms with Gasteiger partial charge in [-0.2, -0.15) is 0 Å². The van der Waals surface area contributed by atoms with Crippen LogP contribution in [0.5, 0.6) is 0 Å². The summed E-state index contributed by atoms with van der Waals surface area (Å²) in [5.41, 5.74) is 0. The van der Waals surface area contributed by atoms with E-state index in [1.807, 2.05) is 6.92 Å². The van der Waals surface area contributed by atoms with Crippen molar-refractivity contribution in [2.45, 2.75) is 32.7 Å². The van der Waals surface area contributed by atoms with Gasteiger partial charge in [-0.05, 0) is 18.8 Å². The summed E-state index contributed by atoms with van der Waals surface area (Å²) < 4.78 is 5.30. The average Bonchev–Trinajstić information content (AvgIpc) is 2.32. The van der Waals surface area contributed by atoms with Gasteiger partial charge in [-0.1, -0.05) is 13.8 Å². The first-order valence-corrected chi connectivity index (χ1v) is 6.35. The van der Waals surface area contributed by atoms with Crippen molar-refractivity contribution in [3.8, 4) is 0 Å². The number of urea groups is 1. The molecular formula is C12H22N2O4. The molecular weight excluding hydrogens is 236 g/mol. The number of carbonyl (C=O) groups excluding carboxylic acids is 1. The highest BCUT2D eigenvalue weighted by atomic mass is 16.5. The quantitative estimate of drug-likeness (QED) is 0.681. The molecule has 2 amide bonds. The molecule has 1 aliphatic heterocycles. The van der Waals surface area contributed by atoms with Gasteiger partial charge < -0.3 is 20.5 Å². The van der Waals surface area contributed by atoms with E-state index in [0.29, 0.717) is 32.1 Å². The number of carboxylic acid groups (broad SMARTS) is 1. The van der Waals surface area contributed by atoms with Gasteiger partial charge in [-0.3, -0.25) is 4.79 Å². The van der Waals surface area contributed by atoms with Gasteiger partial charge in [0, 0.05) is 19.2 Å². The Balaban J connectivity index is 2.19. The van der Waals surface area contributed by atoms with Gasteiger partial charge in [0.25, 0.3) is 0 Å². The number of ether oxygens (including phenoxy) is 1. The minimum absolute atomic E-state index is 0.135. The molecule has 0 radical (unpaired) electrons. The number of carbonyl (C=O) groups is 2. The minimum Gasteiger partial charge on any atom is -0.481 e. The summed E-state index contributed by atoms with van der Waals surface area (Å²) in [6, 6.07) is -0.0954. The first-order valence-electron chi connectivity index (χ1n) is 6.35. The molecule has 3 atom stereocenters. The van der Waals surface area contributed by atoms with E-state index in [0.717, 1.165) is 6.42 Å². The van der Waals surface area contributed by atoms with Crippen molar-refractivity contribution in [3.05, 3.63) is 0 Å². The van der Waals surface area contributed by atoms with Crippen LogP contribution >= 0.6 is 0 Å². The zero-order chi connectivity index (χ0) is 13.5. The Kier molecular flexibility index (Phi) is 5.91. The third-order valence-corrected chi connectivity index (χ3v) is 3.24. The molecule has 0 bridgehead atoms. The minimum atomic E-state index is -0.838. The molecule has 0 aromatic heterocycles. The fourth-order valence-corrected chi connectivity index (χ4v) is 1.84. The molecule has 1 heterocycles. The van der Waals surface area contributed by atoms with Crippen LogP contribution in [0, 0.1) is 11.8 Å². The topological polar surface area (TPSA) is 87.7 Å². The number of nitrogens with one attached hydrogen (secondary N) is 2. The van der Waals surface area contributed by atoms with Crippen molar-refractivity contribution < 1.29 is 19.4 Å². The highest BCUT2D eigenvalue weighted by Crippen LogP contribution is 2.13. The maximum atomic E-state index is 11.6. The Morgan fingerprint density at radius 2 is 2.22 bits per heavy atom. The van der Waals surface area contributed by atoms with Crippen molar-refractivity contribution in [2.24, 2.45) is 11.8 Å². The highest BCUT2D eigenvalue weighted by molar-refractivity contribution is 5.74. The predicted molar refractivity (Wildman–Crippen MR) is 66.3 cm³/mol. The molecule has 1 fully saturated rings. The van der Waals surface area contributed by atoms with Crippen LogP contribution in [-0.4, -0.2) is 42.9 Å². The summed E-state index contributed by atoms with van der Waals surface area (Å²) in [5, 5.41) is 14.3. The van der Waals surface area contributed by atoms with E-state index in [4.69, 9.17) is 9.84 Å². The van der Waals surface area contributed by atoms with Gasteiger partial charge in [0.05, 0.1) is 12.5 Å². The summed E-state index contributed by atoms with van der Waals surface area (Å²) in [6.07, 6.45) is 1.26. The summed E-state index contributed by atoms with van der Waals surface area (Å²) >= 11 is 0. The van der Waals surface area contributed by atoms with Crippen molar-refractivity contribution >= 4 is 12.0 Å². The van der Waals surface area contributed by atoms with Crippen LogP contribution in [0.25, 0.3) is 0 Å². The lowest BCUT2D eigenvalue weighted by Crippen LogP contribution is -2.48. The Morgan fingerprint density at radius 1 is 1.50 bits per heavy atom. The fourth-order valence-electron chi connectivity index (χ4n) is 1.84. The van der Waals surface area contributed by atoms with E-state index in [9.17, 15) is 9.59 Å². The second kappa shape index (κ2) is 7.20. The smallest absolute Gasteiger partial charge is 0.315 e. The third kappa shape index (κ3) is 4.91. The third-order valence-electron chi connectivity index (χ3n) is 3.24. The molecule has 1 rings (SSSR count). The molecule has 3 unspecified atom stereocenters. The molecule has 1 aliphatic rings. The Bertz CT molecular complexity index is 296. The molecule has 6 nitrogen and oxygen atoms in total. The van der Waals surface area contributed by atoms with Gasteiger partial charge in [-0.15, -0.1) is 0 Å². The number of carboxylic acids is 1. The van der Waals surface area contributed by atoms with E-state index in [1.54, 1.807) is 6.92 Å².